The molecule has 0 amide bonds. The number of hydrogen-bond donors (Lipinski definition) is 0. The Balaban J connectivity index is 2.61. The first-order valence-corrected chi connectivity index (χ1v) is 9.10. The third-order valence-electron chi connectivity index (χ3n) is 3.97. The number of ether oxygens (including phenoxy) is 1. The van der Waals surface area contributed by atoms with Gasteiger partial charge in [0, 0.05) is 12.2 Å². The van der Waals surface area contributed by atoms with E-state index in [9.17, 15) is 9.59 Å². The number of pyridine rings is 1. The number of carbonyl (C=O) groups is 1. The standard InChI is InChI=1S/C18H18N2O3S2/c1-5-7-19-16(21)14-15(25-18(19)24)13(17(22)23-6-2)12-9-10(3)8-11(4)20(12)14/h5,8-9H,1,6-7H2,2-4H3. The molecule has 130 valence electrons. The first kappa shape index (κ1) is 17.6. The molecule has 7 heteroatoms. The molecule has 0 saturated carbocycles. The minimum atomic E-state index is -0.438. The average Bonchev–Trinajstić information content (AvgIpc) is 2.85. The lowest BCUT2D eigenvalue weighted by Crippen LogP contribution is -2.20. The van der Waals surface area contributed by atoms with E-state index in [-0.39, 0.29) is 12.2 Å². The van der Waals surface area contributed by atoms with E-state index < -0.39 is 5.97 Å². The summed E-state index contributed by atoms with van der Waals surface area (Å²) in [7, 11) is 0. The van der Waals surface area contributed by atoms with Crippen LogP contribution in [-0.4, -0.2) is 21.5 Å². The van der Waals surface area contributed by atoms with Gasteiger partial charge in [-0.3, -0.25) is 9.36 Å². The number of carbonyl (C=O) groups excluding carboxylic acids is 1. The van der Waals surface area contributed by atoms with Gasteiger partial charge in [0.05, 0.1) is 16.8 Å². The first-order chi connectivity index (χ1) is 11.9. The molecule has 0 fully saturated rings. The Labute approximate surface area is 153 Å². The van der Waals surface area contributed by atoms with Crippen molar-refractivity contribution in [3.05, 3.63) is 55.9 Å². The van der Waals surface area contributed by atoms with Crippen LogP contribution in [0.2, 0.25) is 0 Å². The maximum Gasteiger partial charge on any atom is 0.341 e. The van der Waals surface area contributed by atoms with Crippen LogP contribution in [0.1, 0.15) is 28.5 Å². The second-order valence-electron chi connectivity index (χ2n) is 5.74. The number of fused-ring (bicyclic) bond motifs is 3. The number of allylic oxidation sites excluding steroid dienone is 1. The Hall–Kier alpha value is -2.25. The second kappa shape index (κ2) is 6.57. The molecule has 0 aliphatic heterocycles. The molecule has 3 heterocycles. The van der Waals surface area contributed by atoms with E-state index in [1.165, 1.54) is 15.9 Å². The average molecular weight is 374 g/mol. The Morgan fingerprint density at radius 2 is 2.12 bits per heavy atom. The van der Waals surface area contributed by atoms with Crippen LogP contribution in [0.4, 0.5) is 0 Å². The van der Waals surface area contributed by atoms with E-state index in [1.807, 2.05) is 30.4 Å². The van der Waals surface area contributed by atoms with Gasteiger partial charge in [0.1, 0.15) is 11.1 Å². The van der Waals surface area contributed by atoms with Crippen molar-refractivity contribution in [1.82, 2.24) is 8.97 Å². The maximum absolute atomic E-state index is 13.1. The van der Waals surface area contributed by atoms with Gasteiger partial charge in [-0.1, -0.05) is 6.08 Å². The fourth-order valence-electron chi connectivity index (χ4n) is 3.06. The van der Waals surface area contributed by atoms with Crippen LogP contribution < -0.4 is 5.56 Å². The van der Waals surface area contributed by atoms with Crippen molar-refractivity contribution in [2.24, 2.45) is 0 Å². The number of esters is 1. The Kier molecular flexibility index (Phi) is 4.62. The molecule has 0 aliphatic rings. The van der Waals surface area contributed by atoms with E-state index in [0.717, 1.165) is 11.3 Å². The summed E-state index contributed by atoms with van der Waals surface area (Å²) < 4.78 is 9.53. The topological polar surface area (TPSA) is 52.7 Å². The zero-order chi connectivity index (χ0) is 18.3. The van der Waals surface area contributed by atoms with Crippen molar-refractivity contribution in [2.75, 3.05) is 6.61 Å². The molecular weight excluding hydrogens is 356 g/mol. The van der Waals surface area contributed by atoms with Crippen LogP contribution in [0.15, 0.2) is 29.6 Å². The number of rotatable bonds is 4. The summed E-state index contributed by atoms with van der Waals surface area (Å²) >= 11 is 6.63. The summed E-state index contributed by atoms with van der Waals surface area (Å²) in [6.45, 7) is 9.91. The lowest BCUT2D eigenvalue weighted by atomic mass is 10.2. The minimum Gasteiger partial charge on any atom is -0.462 e. The molecule has 0 bridgehead atoms. The SMILES string of the molecule is C=CCn1c(=S)sc2c(C(=O)OCC)c3cc(C)cc(C)n3c2c1=O. The molecule has 0 atom stereocenters. The largest absolute Gasteiger partial charge is 0.462 e. The molecule has 3 aromatic heterocycles. The highest BCUT2D eigenvalue weighted by atomic mass is 32.1. The molecule has 0 saturated heterocycles. The third-order valence-corrected chi connectivity index (χ3v) is 5.43. The molecule has 0 N–H and O–H groups in total. The smallest absolute Gasteiger partial charge is 0.341 e. The third kappa shape index (κ3) is 2.73. The minimum absolute atomic E-state index is 0.226. The summed E-state index contributed by atoms with van der Waals surface area (Å²) in [6, 6.07) is 3.87. The molecule has 0 unspecified atom stereocenters. The normalized spacial score (nSPS) is 11.2. The van der Waals surface area contributed by atoms with Gasteiger partial charge < -0.3 is 9.14 Å². The van der Waals surface area contributed by atoms with Crippen molar-refractivity contribution >= 4 is 45.3 Å². The van der Waals surface area contributed by atoms with E-state index in [0.29, 0.717) is 31.8 Å². The highest BCUT2D eigenvalue weighted by molar-refractivity contribution is 7.73. The molecule has 5 nitrogen and oxygen atoms in total. The van der Waals surface area contributed by atoms with Gasteiger partial charge in [0.25, 0.3) is 5.56 Å². The first-order valence-electron chi connectivity index (χ1n) is 7.88. The maximum atomic E-state index is 13.1. The summed E-state index contributed by atoms with van der Waals surface area (Å²) in [4.78, 5) is 25.7. The van der Waals surface area contributed by atoms with Crippen molar-refractivity contribution in [2.45, 2.75) is 27.3 Å². The van der Waals surface area contributed by atoms with Gasteiger partial charge in [0.15, 0.2) is 3.95 Å². The zero-order valence-corrected chi connectivity index (χ0v) is 15.9. The molecule has 0 aromatic carbocycles. The van der Waals surface area contributed by atoms with Crippen LogP contribution in [0.5, 0.6) is 0 Å². The van der Waals surface area contributed by atoms with Crippen LogP contribution in [0.3, 0.4) is 0 Å². The van der Waals surface area contributed by atoms with Gasteiger partial charge in [-0.25, -0.2) is 4.79 Å². The lowest BCUT2D eigenvalue weighted by Gasteiger charge is -2.06. The summed E-state index contributed by atoms with van der Waals surface area (Å²) in [5, 5.41) is 0. The summed E-state index contributed by atoms with van der Waals surface area (Å²) in [5.41, 5.74) is 3.19. The Morgan fingerprint density at radius 3 is 2.76 bits per heavy atom. The predicted molar refractivity (Wildman–Crippen MR) is 104 cm³/mol. The summed E-state index contributed by atoms with van der Waals surface area (Å²) in [6.07, 6.45) is 1.63. The van der Waals surface area contributed by atoms with Crippen LogP contribution in [0.25, 0.3) is 15.7 Å². The highest BCUT2D eigenvalue weighted by Crippen LogP contribution is 2.31. The number of aryl methyl sites for hydroxylation is 2. The van der Waals surface area contributed by atoms with Gasteiger partial charge in [-0.2, -0.15) is 0 Å². The van der Waals surface area contributed by atoms with Gasteiger partial charge in [-0.15, -0.1) is 17.9 Å². The molecule has 3 rings (SSSR count). The van der Waals surface area contributed by atoms with Crippen molar-refractivity contribution in [3.63, 3.8) is 0 Å². The fourth-order valence-corrected chi connectivity index (χ4v) is 4.47. The van der Waals surface area contributed by atoms with Crippen molar-refractivity contribution in [3.8, 4) is 0 Å². The molecule has 25 heavy (non-hydrogen) atoms. The molecule has 0 spiro atoms. The van der Waals surface area contributed by atoms with Crippen molar-refractivity contribution in [1.29, 1.82) is 0 Å². The summed E-state index contributed by atoms with van der Waals surface area (Å²) in [5.74, 6) is -0.438. The molecular formula is C18H18N2O3S2. The Morgan fingerprint density at radius 1 is 1.40 bits per heavy atom. The quantitative estimate of drug-likeness (QED) is 0.393. The van der Waals surface area contributed by atoms with Crippen LogP contribution >= 0.6 is 23.6 Å². The number of hydrogen-bond acceptors (Lipinski definition) is 5. The van der Waals surface area contributed by atoms with Gasteiger partial charge in [0.2, 0.25) is 0 Å². The second-order valence-corrected chi connectivity index (χ2v) is 7.38. The molecule has 0 radical (unpaired) electrons. The van der Waals surface area contributed by atoms with Gasteiger partial charge in [-0.05, 0) is 50.7 Å². The van der Waals surface area contributed by atoms with E-state index in [1.54, 1.807) is 13.0 Å². The fraction of sp³-hybridized carbons (Fsp3) is 0.278. The molecule has 0 aliphatic carbocycles. The van der Waals surface area contributed by atoms with E-state index in [2.05, 4.69) is 6.58 Å². The predicted octanol–water partition coefficient (Wildman–Crippen LogP) is 4.02. The van der Waals surface area contributed by atoms with Crippen LogP contribution in [0, 0.1) is 17.8 Å². The zero-order valence-electron chi connectivity index (χ0n) is 14.3. The number of nitrogens with zero attached hydrogens (tertiary/aromatic N) is 2. The van der Waals surface area contributed by atoms with E-state index >= 15 is 0 Å². The van der Waals surface area contributed by atoms with Gasteiger partial charge >= 0.3 is 5.97 Å². The van der Waals surface area contributed by atoms with Crippen molar-refractivity contribution < 1.29 is 9.53 Å². The molecule has 3 aromatic rings. The monoisotopic (exact) mass is 374 g/mol. The number of aromatic nitrogens is 2. The Bertz CT molecular complexity index is 1140. The van der Waals surface area contributed by atoms with Crippen LogP contribution in [-0.2, 0) is 11.3 Å². The van der Waals surface area contributed by atoms with E-state index in [4.69, 9.17) is 17.0 Å². The highest BCUT2D eigenvalue weighted by Gasteiger charge is 2.24. The lowest BCUT2D eigenvalue weighted by molar-refractivity contribution is 0.0531.